The lowest BCUT2D eigenvalue weighted by molar-refractivity contribution is -0.112. The van der Waals surface area contributed by atoms with Gasteiger partial charge < -0.3 is 5.32 Å². The molecule has 0 bridgehead atoms. The molecule has 0 heterocycles. The van der Waals surface area contributed by atoms with Gasteiger partial charge in [0.2, 0.25) is 0 Å². The minimum absolute atomic E-state index is 0.0724. The van der Waals surface area contributed by atoms with Crippen LogP contribution < -0.4 is 5.32 Å². The van der Waals surface area contributed by atoms with E-state index in [-0.39, 0.29) is 5.57 Å². The van der Waals surface area contributed by atoms with Crippen LogP contribution in [0.1, 0.15) is 30.9 Å². The van der Waals surface area contributed by atoms with Gasteiger partial charge in [0.05, 0.1) is 0 Å². The summed E-state index contributed by atoms with van der Waals surface area (Å²) in [6.07, 6.45) is 4.93. The zero-order valence-corrected chi connectivity index (χ0v) is 15.1. The van der Waals surface area contributed by atoms with Gasteiger partial charge in [0.1, 0.15) is 11.6 Å². The smallest absolute Gasteiger partial charge is 0.266 e. The summed E-state index contributed by atoms with van der Waals surface area (Å²) in [7, 11) is 0. The van der Waals surface area contributed by atoms with Crippen molar-refractivity contribution in [3.63, 3.8) is 0 Å². The van der Waals surface area contributed by atoms with Crippen molar-refractivity contribution in [2.75, 3.05) is 5.32 Å². The lowest BCUT2D eigenvalue weighted by atomic mass is 10.1. The first-order valence-electron chi connectivity index (χ1n) is 7.90. The minimum Gasteiger partial charge on any atom is -0.321 e. The number of carbonyl (C=O) groups is 1. The first-order valence-corrected chi connectivity index (χ1v) is 8.69. The molecule has 1 amide bonds. The van der Waals surface area contributed by atoms with Gasteiger partial charge in [-0.25, -0.2) is 0 Å². The Bertz CT molecular complexity index is 773. The molecule has 2 aromatic carbocycles. The molecule has 0 atom stereocenters. The molecular formula is C20H19BrN2O. The maximum Gasteiger partial charge on any atom is 0.266 e. The SMILES string of the molecule is CCCCc1ccc(NC(=O)/C(C#N)=C/c2cccc(Br)c2)cc1. The third-order valence-corrected chi connectivity index (χ3v) is 4.05. The van der Waals surface area contributed by atoms with E-state index in [9.17, 15) is 10.1 Å². The molecule has 0 unspecified atom stereocenters. The Morgan fingerprint density at radius 2 is 2.00 bits per heavy atom. The Labute approximate surface area is 151 Å². The number of halogens is 1. The van der Waals surface area contributed by atoms with Crippen molar-refractivity contribution in [1.29, 1.82) is 5.26 Å². The van der Waals surface area contributed by atoms with Crippen LogP contribution in [-0.4, -0.2) is 5.91 Å². The molecular weight excluding hydrogens is 364 g/mol. The number of aryl methyl sites for hydroxylation is 1. The number of rotatable bonds is 6. The number of nitrogens with one attached hydrogen (secondary N) is 1. The highest BCUT2D eigenvalue weighted by molar-refractivity contribution is 9.10. The van der Waals surface area contributed by atoms with Crippen molar-refractivity contribution in [2.45, 2.75) is 26.2 Å². The number of anilines is 1. The highest BCUT2D eigenvalue weighted by Gasteiger charge is 2.09. The molecule has 0 saturated carbocycles. The summed E-state index contributed by atoms with van der Waals surface area (Å²) in [5, 5.41) is 12.0. The van der Waals surface area contributed by atoms with Gasteiger partial charge in [-0.15, -0.1) is 0 Å². The first kappa shape index (κ1) is 18.0. The Kier molecular flexibility index (Phi) is 6.77. The fourth-order valence-electron chi connectivity index (χ4n) is 2.25. The van der Waals surface area contributed by atoms with E-state index >= 15 is 0 Å². The van der Waals surface area contributed by atoms with E-state index in [4.69, 9.17) is 0 Å². The van der Waals surface area contributed by atoms with Crippen molar-refractivity contribution in [1.82, 2.24) is 0 Å². The van der Waals surface area contributed by atoms with Crippen LogP contribution in [0.25, 0.3) is 6.08 Å². The summed E-state index contributed by atoms with van der Waals surface area (Å²) < 4.78 is 0.900. The fraction of sp³-hybridized carbons (Fsp3) is 0.200. The fourth-order valence-corrected chi connectivity index (χ4v) is 2.66. The Hall–Kier alpha value is -2.38. The molecule has 24 heavy (non-hydrogen) atoms. The molecule has 3 nitrogen and oxygen atoms in total. The second-order valence-electron chi connectivity index (χ2n) is 5.48. The lowest BCUT2D eigenvalue weighted by Gasteiger charge is -2.06. The zero-order chi connectivity index (χ0) is 17.4. The van der Waals surface area contributed by atoms with E-state index in [1.165, 1.54) is 5.56 Å². The molecule has 0 aliphatic carbocycles. The molecule has 1 N–H and O–H groups in total. The summed E-state index contributed by atoms with van der Waals surface area (Å²) in [5.74, 6) is -0.404. The van der Waals surface area contributed by atoms with Gasteiger partial charge in [0, 0.05) is 10.2 Å². The van der Waals surface area contributed by atoms with Crippen molar-refractivity contribution >= 4 is 33.6 Å². The van der Waals surface area contributed by atoms with Gasteiger partial charge in [0.25, 0.3) is 5.91 Å². The van der Waals surface area contributed by atoms with Crippen LogP contribution in [0.5, 0.6) is 0 Å². The van der Waals surface area contributed by atoms with E-state index < -0.39 is 5.91 Å². The number of benzene rings is 2. The van der Waals surface area contributed by atoms with Gasteiger partial charge in [-0.3, -0.25) is 4.79 Å². The number of carbonyl (C=O) groups excluding carboxylic acids is 1. The summed E-state index contributed by atoms with van der Waals surface area (Å²) >= 11 is 3.38. The van der Waals surface area contributed by atoms with Gasteiger partial charge in [0.15, 0.2) is 0 Å². The number of nitriles is 1. The predicted octanol–water partition coefficient (Wildman–Crippen LogP) is 5.34. The maximum atomic E-state index is 12.3. The molecule has 0 radical (unpaired) electrons. The molecule has 4 heteroatoms. The Morgan fingerprint density at radius 3 is 2.62 bits per heavy atom. The molecule has 0 aliphatic heterocycles. The average Bonchev–Trinajstić information content (AvgIpc) is 2.59. The van der Waals surface area contributed by atoms with Crippen LogP contribution in [0.3, 0.4) is 0 Å². The maximum absolute atomic E-state index is 12.3. The first-order chi connectivity index (χ1) is 11.6. The molecule has 0 fully saturated rings. The predicted molar refractivity (Wildman–Crippen MR) is 101 cm³/mol. The van der Waals surface area contributed by atoms with Gasteiger partial charge in [-0.2, -0.15) is 5.26 Å². The molecule has 0 spiro atoms. The van der Waals surface area contributed by atoms with E-state index in [0.29, 0.717) is 5.69 Å². The number of unbranched alkanes of at least 4 members (excludes halogenated alkanes) is 1. The van der Waals surface area contributed by atoms with E-state index in [1.54, 1.807) is 6.08 Å². The molecule has 0 saturated heterocycles. The van der Waals surface area contributed by atoms with Crippen LogP contribution in [-0.2, 0) is 11.2 Å². The average molecular weight is 383 g/mol. The summed E-state index contributed by atoms with van der Waals surface area (Å²) in [5.41, 5.74) is 2.81. The third kappa shape index (κ3) is 5.36. The highest BCUT2D eigenvalue weighted by atomic mass is 79.9. The number of hydrogen-bond acceptors (Lipinski definition) is 2. The lowest BCUT2D eigenvalue weighted by Crippen LogP contribution is -2.13. The topological polar surface area (TPSA) is 52.9 Å². The Morgan fingerprint density at radius 1 is 1.25 bits per heavy atom. The molecule has 122 valence electrons. The second kappa shape index (κ2) is 9.05. The molecule has 2 aromatic rings. The highest BCUT2D eigenvalue weighted by Crippen LogP contribution is 2.16. The zero-order valence-electron chi connectivity index (χ0n) is 13.6. The van der Waals surface area contributed by atoms with Gasteiger partial charge in [-0.05, 0) is 54.3 Å². The van der Waals surface area contributed by atoms with Crippen molar-refractivity contribution < 1.29 is 4.79 Å². The minimum atomic E-state index is -0.404. The summed E-state index contributed by atoms with van der Waals surface area (Å²) in [6.45, 7) is 2.16. The summed E-state index contributed by atoms with van der Waals surface area (Å²) in [4.78, 5) is 12.3. The Balaban J connectivity index is 2.08. The number of hydrogen-bond donors (Lipinski definition) is 1. The second-order valence-corrected chi connectivity index (χ2v) is 6.40. The third-order valence-electron chi connectivity index (χ3n) is 3.56. The van der Waals surface area contributed by atoms with Crippen LogP contribution in [0, 0.1) is 11.3 Å². The largest absolute Gasteiger partial charge is 0.321 e. The van der Waals surface area contributed by atoms with Gasteiger partial charge >= 0.3 is 0 Å². The van der Waals surface area contributed by atoms with Crippen LogP contribution >= 0.6 is 15.9 Å². The van der Waals surface area contributed by atoms with Crippen LogP contribution in [0.4, 0.5) is 5.69 Å². The van der Waals surface area contributed by atoms with E-state index in [1.807, 2.05) is 54.6 Å². The van der Waals surface area contributed by atoms with Crippen molar-refractivity contribution in [3.05, 3.63) is 69.7 Å². The van der Waals surface area contributed by atoms with E-state index in [0.717, 1.165) is 29.3 Å². The normalized spacial score (nSPS) is 11.0. The summed E-state index contributed by atoms with van der Waals surface area (Å²) in [6, 6.07) is 17.2. The van der Waals surface area contributed by atoms with Crippen molar-refractivity contribution in [2.24, 2.45) is 0 Å². The number of amides is 1. The quantitative estimate of drug-likeness (QED) is 0.541. The molecule has 2 rings (SSSR count). The van der Waals surface area contributed by atoms with Crippen LogP contribution in [0.15, 0.2) is 58.6 Å². The van der Waals surface area contributed by atoms with E-state index in [2.05, 4.69) is 28.2 Å². The van der Waals surface area contributed by atoms with Gasteiger partial charge in [-0.1, -0.05) is 53.5 Å². The van der Waals surface area contributed by atoms with Crippen LogP contribution in [0.2, 0.25) is 0 Å². The molecule has 0 aliphatic rings. The molecule has 0 aromatic heterocycles. The van der Waals surface area contributed by atoms with Crippen molar-refractivity contribution in [3.8, 4) is 6.07 Å². The number of nitrogens with zero attached hydrogens (tertiary/aromatic N) is 1. The standard InChI is InChI=1S/C20H19BrN2O/c1-2-3-5-15-8-10-19(11-9-15)23-20(24)17(14-22)12-16-6-4-7-18(21)13-16/h4,6-13H,2-3,5H2,1H3,(H,23,24)/b17-12+. The monoisotopic (exact) mass is 382 g/mol.